The van der Waals surface area contributed by atoms with E-state index in [1.54, 1.807) is 0 Å². The van der Waals surface area contributed by atoms with Crippen LogP contribution in [-0.4, -0.2) is 35.6 Å². The van der Waals surface area contributed by atoms with Gasteiger partial charge in [-0.15, -0.1) is 0 Å². The fourth-order valence-corrected chi connectivity index (χ4v) is 1.88. The van der Waals surface area contributed by atoms with E-state index in [0.29, 0.717) is 11.2 Å². The number of nitrogens with zero attached hydrogens (tertiary/aromatic N) is 2. The zero-order valence-corrected chi connectivity index (χ0v) is 9.67. The van der Waals surface area contributed by atoms with Gasteiger partial charge in [0.05, 0.1) is 0 Å². The average molecular weight is 226 g/mol. The fourth-order valence-electron chi connectivity index (χ4n) is 1.77. The highest BCUT2D eigenvalue weighted by Gasteiger charge is 2.22. The third-order valence-electron chi connectivity index (χ3n) is 2.86. The minimum Gasteiger partial charge on any atom is -0.314 e. The van der Waals surface area contributed by atoms with Crippen LogP contribution < -0.4 is 5.32 Å². The number of hydrogen-bond donors (Lipinski definition) is 1. The van der Waals surface area contributed by atoms with Crippen molar-refractivity contribution in [2.24, 2.45) is 0 Å². The van der Waals surface area contributed by atoms with Gasteiger partial charge in [-0.3, -0.25) is 4.90 Å². The van der Waals surface area contributed by atoms with Crippen LogP contribution >= 0.6 is 11.6 Å². The van der Waals surface area contributed by atoms with Gasteiger partial charge in [0.2, 0.25) is 0 Å². The zero-order chi connectivity index (χ0) is 10.7. The maximum atomic E-state index is 5.75. The van der Waals surface area contributed by atoms with E-state index in [4.69, 9.17) is 11.6 Å². The molecular formula is C11H16ClN3. The maximum absolute atomic E-state index is 5.75. The second-order valence-electron chi connectivity index (χ2n) is 3.86. The van der Waals surface area contributed by atoms with Crippen molar-refractivity contribution in [3.63, 3.8) is 0 Å². The maximum Gasteiger partial charge on any atom is 0.129 e. The quantitative estimate of drug-likeness (QED) is 0.788. The second-order valence-corrected chi connectivity index (χ2v) is 4.25. The Balaban J connectivity index is 1.96. The molecule has 0 aliphatic carbocycles. The lowest BCUT2D eigenvalue weighted by atomic mass is 10.1. The van der Waals surface area contributed by atoms with E-state index in [-0.39, 0.29) is 0 Å². The highest BCUT2D eigenvalue weighted by Crippen LogP contribution is 2.12. The molecule has 1 fully saturated rings. The van der Waals surface area contributed by atoms with Crippen LogP contribution in [0.3, 0.4) is 0 Å². The number of pyridine rings is 1. The highest BCUT2D eigenvalue weighted by atomic mass is 35.5. The third kappa shape index (κ3) is 2.68. The molecule has 1 aromatic heterocycles. The number of aromatic nitrogens is 1. The summed E-state index contributed by atoms with van der Waals surface area (Å²) in [5.41, 5.74) is 1.23. The Morgan fingerprint density at radius 1 is 1.53 bits per heavy atom. The van der Waals surface area contributed by atoms with Crippen LogP contribution in [0, 0.1) is 0 Å². The summed E-state index contributed by atoms with van der Waals surface area (Å²) < 4.78 is 0. The van der Waals surface area contributed by atoms with Gasteiger partial charge in [-0.2, -0.15) is 0 Å². The predicted molar refractivity (Wildman–Crippen MR) is 62.0 cm³/mol. The first kappa shape index (κ1) is 10.9. The molecule has 0 bridgehead atoms. The van der Waals surface area contributed by atoms with E-state index < -0.39 is 0 Å². The molecule has 0 unspecified atom stereocenters. The van der Waals surface area contributed by atoms with Gasteiger partial charge in [-0.25, -0.2) is 4.98 Å². The van der Waals surface area contributed by atoms with E-state index in [9.17, 15) is 0 Å². The van der Waals surface area contributed by atoms with Crippen molar-refractivity contribution >= 4 is 11.6 Å². The number of nitrogens with one attached hydrogen (secondary N) is 1. The van der Waals surface area contributed by atoms with Crippen molar-refractivity contribution in [2.45, 2.75) is 19.5 Å². The van der Waals surface area contributed by atoms with E-state index in [1.165, 1.54) is 5.56 Å². The third-order valence-corrected chi connectivity index (χ3v) is 3.08. The van der Waals surface area contributed by atoms with Crippen LogP contribution in [0.1, 0.15) is 12.5 Å². The molecule has 2 rings (SSSR count). The molecule has 0 saturated carbocycles. The first-order valence-corrected chi connectivity index (χ1v) is 5.72. The molecule has 4 heteroatoms. The largest absolute Gasteiger partial charge is 0.314 e. The average Bonchev–Trinajstić information content (AvgIpc) is 2.17. The lowest BCUT2D eigenvalue weighted by Crippen LogP contribution is -2.56. The molecule has 0 spiro atoms. The molecule has 0 radical (unpaired) electrons. The fraction of sp³-hybridized carbons (Fsp3) is 0.545. The highest BCUT2D eigenvalue weighted by molar-refractivity contribution is 6.29. The van der Waals surface area contributed by atoms with Crippen LogP contribution in [0.15, 0.2) is 18.3 Å². The van der Waals surface area contributed by atoms with Gasteiger partial charge in [-0.05, 0) is 18.2 Å². The SMILES string of the molecule is CCN(Cc1ccc(Cl)nc1)C1CNC1. The standard InChI is InChI=1S/C11H16ClN3/c1-2-15(10-6-13-7-10)8-9-3-4-11(12)14-5-9/h3-5,10,13H,2,6-8H2,1H3. The zero-order valence-electron chi connectivity index (χ0n) is 8.91. The summed E-state index contributed by atoms with van der Waals surface area (Å²) in [6, 6.07) is 4.58. The van der Waals surface area contributed by atoms with E-state index in [0.717, 1.165) is 26.2 Å². The second kappa shape index (κ2) is 4.92. The summed E-state index contributed by atoms with van der Waals surface area (Å²) in [7, 11) is 0. The van der Waals surface area contributed by atoms with Crippen molar-refractivity contribution in [1.82, 2.24) is 15.2 Å². The van der Waals surface area contributed by atoms with Crippen molar-refractivity contribution < 1.29 is 0 Å². The Labute approximate surface area is 95.4 Å². The van der Waals surface area contributed by atoms with Gasteiger partial charge in [-0.1, -0.05) is 24.6 Å². The Morgan fingerprint density at radius 2 is 2.33 bits per heavy atom. The van der Waals surface area contributed by atoms with E-state index in [1.807, 2.05) is 18.3 Å². The Hall–Kier alpha value is -0.640. The van der Waals surface area contributed by atoms with Crippen LogP contribution in [0.4, 0.5) is 0 Å². The van der Waals surface area contributed by atoms with Crippen molar-refractivity contribution in [2.75, 3.05) is 19.6 Å². The molecule has 1 saturated heterocycles. The van der Waals surface area contributed by atoms with E-state index >= 15 is 0 Å². The van der Waals surface area contributed by atoms with Crippen LogP contribution in [0.25, 0.3) is 0 Å². The van der Waals surface area contributed by atoms with Crippen LogP contribution in [-0.2, 0) is 6.54 Å². The molecule has 1 aromatic rings. The molecule has 0 atom stereocenters. The summed E-state index contributed by atoms with van der Waals surface area (Å²) in [6.45, 7) is 6.45. The van der Waals surface area contributed by atoms with Gasteiger partial charge in [0.15, 0.2) is 0 Å². The molecule has 1 N–H and O–H groups in total. The predicted octanol–water partition coefficient (Wildman–Crippen LogP) is 1.53. The monoisotopic (exact) mass is 225 g/mol. The molecule has 1 aliphatic rings. The molecule has 1 aliphatic heterocycles. The number of halogens is 1. The molecule has 0 aromatic carbocycles. The summed E-state index contributed by atoms with van der Waals surface area (Å²) in [4.78, 5) is 6.55. The van der Waals surface area contributed by atoms with Gasteiger partial charge < -0.3 is 5.32 Å². The molecular weight excluding hydrogens is 210 g/mol. The smallest absolute Gasteiger partial charge is 0.129 e. The number of likely N-dealkylation sites (N-methyl/N-ethyl adjacent to an activating group) is 1. The number of hydrogen-bond acceptors (Lipinski definition) is 3. The minimum absolute atomic E-state index is 0.562. The van der Waals surface area contributed by atoms with Gasteiger partial charge in [0, 0.05) is 31.9 Å². The summed E-state index contributed by atoms with van der Waals surface area (Å²) in [5, 5.41) is 3.85. The molecule has 3 nitrogen and oxygen atoms in total. The summed E-state index contributed by atoms with van der Waals surface area (Å²) in [5.74, 6) is 0. The number of rotatable bonds is 4. The van der Waals surface area contributed by atoms with Crippen LogP contribution in [0.2, 0.25) is 5.15 Å². The Bertz CT molecular complexity index is 308. The first-order chi connectivity index (χ1) is 7.29. The summed E-state index contributed by atoms with van der Waals surface area (Å²) in [6.07, 6.45) is 1.86. The molecule has 82 valence electrons. The van der Waals surface area contributed by atoms with Gasteiger partial charge in [0.25, 0.3) is 0 Å². The lowest BCUT2D eigenvalue weighted by molar-refractivity contribution is 0.145. The first-order valence-electron chi connectivity index (χ1n) is 5.35. The Kier molecular flexibility index (Phi) is 3.57. The molecule has 15 heavy (non-hydrogen) atoms. The van der Waals surface area contributed by atoms with Gasteiger partial charge in [0.1, 0.15) is 5.15 Å². The topological polar surface area (TPSA) is 28.2 Å². The van der Waals surface area contributed by atoms with Gasteiger partial charge >= 0.3 is 0 Å². The van der Waals surface area contributed by atoms with Crippen molar-refractivity contribution in [1.29, 1.82) is 0 Å². The Morgan fingerprint density at radius 3 is 2.80 bits per heavy atom. The lowest BCUT2D eigenvalue weighted by Gasteiger charge is -2.37. The van der Waals surface area contributed by atoms with Crippen molar-refractivity contribution in [3.8, 4) is 0 Å². The van der Waals surface area contributed by atoms with Crippen LogP contribution in [0.5, 0.6) is 0 Å². The molecule has 2 heterocycles. The minimum atomic E-state index is 0.562. The molecule has 0 amide bonds. The van der Waals surface area contributed by atoms with Crippen molar-refractivity contribution in [3.05, 3.63) is 29.0 Å². The normalized spacial score (nSPS) is 16.7. The summed E-state index contributed by atoms with van der Waals surface area (Å²) >= 11 is 5.75. The van der Waals surface area contributed by atoms with E-state index in [2.05, 4.69) is 22.1 Å².